The average Bonchev–Trinajstić information content (AvgIpc) is 3.38. The van der Waals surface area contributed by atoms with E-state index in [0.717, 1.165) is 18.8 Å². The lowest BCUT2D eigenvalue weighted by molar-refractivity contribution is 0.102. The van der Waals surface area contributed by atoms with Crippen LogP contribution in [0.1, 0.15) is 29.6 Å². The lowest BCUT2D eigenvalue weighted by Crippen LogP contribution is -2.23. The third-order valence-electron chi connectivity index (χ3n) is 5.65. The molecule has 160 valence electrons. The number of amides is 1. The van der Waals surface area contributed by atoms with Crippen LogP contribution in [0.5, 0.6) is 0 Å². The molecule has 4 rings (SSSR count). The second-order valence-corrected chi connectivity index (χ2v) is 12.2. The Balaban J connectivity index is 1.49. The van der Waals surface area contributed by atoms with E-state index < -0.39 is 30.8 Å². The molecule has 1 atom stereocenters. The fourth-order valence-corrected chi connectivity index (χ4v) is 8.35. The van der Waals surface area contributed by atoms with Gasteiger partial charge in [-0.1, -0.05) is 6.07 Å². The van der Waals surface area contributed by atoms with Gasteiger partial charge in [-0.05, 0) is 61.7 Å². The van der Waals surface area contributed by atoms with Crippen LogP contribution in [0, 0.1) is 0 Å². The SMILES string of the molecule is O=C(Nc1ccc(N2CCCC2)cc1)c1cccc(S(=O)(=O)C2CCS(=O)(=O)C2)c1. The van der Waals surface area contributed by atoms with Gasteiger partial charge in [-0.15, -0.1) is 0 Å². The molecule has 1 unspecified atom stereocenters. The van der Waals surface area contributed by atoms with Crippen LogP contribution in [-0.4, -0.2) is 52.6 Å². The number of benzene rings is 2. The van der Waals surface area contributed by atoms with Gasteiger partial charge in [0.05, 0.1) is 21.7 Å². The van der Waals surface area contributed by atoms with Gasteiger partial charge in [0.25, 0.3) is 5.91 Å². The largest absolute Gasteiger partial charge is 0.372 e. The summed E-state index contributed by atoms with van der Waals surface area (Å²) < 4.78 is 49.0. The second-order valence-electron chi connectivity index (χ2n) is 7.79. The van der Waals surface area contributed by atoms with Gasteiger partial charge in [0.1, 0.15) is 0 Å². The Labute approximate surface area is 176 Å². The van der Waals surface area contributed by atoms with Gasteiger partial charge in [0, 0.05) is 30.0 Å². The van der Waals surface area contributed by atoms with Gasteiger partial charge in [-0.25, -0.2) is 16.8 Å². The fourth-order valence-electron chi connectivity index (χ4n) is 3.95. The average molecular weight is 449 g/mol. The summed E-state index contributed by atoms with van der Waals surface area (Å²) in [7, 11) is -7.14. The minimum atomic E-state index is -3.82. The zero-order valence-corrected chi connectivity index (χ0v) is 18.1. The highest BCUT2D eigenvalue weighted by Gasteiger charge is 2.38. The quantitative estimate of drug-likeness (QED) is 0.754. The number of hydrogen-bond acceptors (Lipinski definition) is 6. The van der Waals surface area contributed by atoms with Crippen molar-refractivity contribution in [1.82, 2.24) is 0 Å². The Kier molecular flexibility index (Phi) is 5.59. The number of carbonyl (C=O) groups excluding carboxylic acids is 1. The van der Waals surface area contributed by atoms with Crippen LogP contribution in [0.2, 0.25) is 0 Å². The van der Waals surface area contributed by atoms with Crippen LogP contribution in [0.3, 0.4) is 0 Å². The van der Waals surface area contributed by atoms with E-state index in [1.165, 1.54) is 31.0 Å². The fraction of sp³-hybridized carbons (Fsp3) is 0.381. The lowest BCUT2D eigenvalue weighted by Gasteiger charge is -2.17. The summed E-state index contributed by atoms with van der Waals surface area (Å²) >= 11 is 0. The van der Waals surface area contributed by atoms with Gasteiger partial charge in [-0.2, -0.15) is 0 Å². The van der Waals surface area contributed by atoms with Crippen LogP contribution in [0.15, 0.2) is 53.4 Å². The molecule has 2 aromatic carbocycles. The minimum Gasteiger partial charge on any atom is -0.372 e. The Morgan fingerprint density at radius 1 is 1.03 bits per heavy atom. The molecule has 7 nitrogen and oxygen atoms in total. The Morgan fingerprint density at radius 3 is 2.37 bits per heavy atom. The molecule has 0 bridgehead atoms. The highest BCUT2D eigenvalue weighted by molar-refractivity contribution is 7.96. The number of nitrogens with zero attached hydrogens (tertiary/aromatic N) is 1. The summed E-state index contributed by atoms with van der Waals surface area (Å²) in [5, 5.41) is 1.83. The predicted molar refractivity (Wildman–Crippen MR) is 117 cm³/mol. The molecule has 2 aromatic rings. The van der Waals surface area contributed by atoms with Gasteiger partial charge in [0.15, 0.2) is 19.7 Å². The molecule has 2 saturated heterocycles. The third kappa shape index (κ3) is 4.37. The van der Waals surface area contributed by atoms with E-state index in [9.17, 15) is 21.6 Å². The summed E-state index contributed by atoms with van der Waals surface area (Å²) in [6.45, 7) is 2.07. The second kappa shape index (κ2) is 8.03. The van der Waals surface area contributed by atoms with Gasteiger partial charge >= 0.3 is 0 Å². The number of sulfone groups is 2. The van der Waals surface area contributed by atoms with Crippen molar-refractivity contribution >= 4 is 37.0 Å². The number of anilines is 2. The summed E-state index contributed by atoms with van der Waals surface area (Å²) in [6.07, 6.45) is 2.46. The first kappa shape index (κ1) is 20.9. The van der Waals surface area contributed by atoms with E-state index in [4.69, 9.17) is 0 Å². The highest BCUT2D eigenvalue weighted by atomic mass is 32.2. The maximum absolute atomic E-state index is 12.8. The van der Waals surface area contributed by atoms with Gasteiger partial charge in [-0.3, -0.25) is 4.79 Å². The van der Waals surface area contributed by atoms with E-state index in [1.807, 2.05) is 24.3 Å². The molecule has 2 fully saturated rings. The van der Waals surface area contributed by atoms with Crippen LogP contribution < -0.4 is 10.2 Å². The molecular formula is C21H24N2O5S2. The molecule has 0 aliphatic carbocycles. The predicted octanol–water partition coefficient (Wildman–Crippen LogP) is 2.50. The van der Waals surface area contributed by atoms with E-state index in [0.29, 0.717) is 5.69 Å². The molecule has 2 heterocycles. The topological polar surface area (TPSA) is 101 Å². The molecule has 1 N–H and O–H groups in total. The van der Waals surface area contributed by atoms with Crippen molar-refractivity contribution < 1.29 is 21.6 Å². The van der Waals surface area contributed by atoms with Crippen LogP contribution in [-0.2, 0) is 19.7 Å². The number of hydrogen-bond donors (Lipinski definition) is 1. The van der Waals surface area contributed by atoms with E-state index in [-0.39, 0.29) is 28.4 Å². The summed E-state index contributed by atoms with van der Waals surface area (Å²) in [5.74, 6) is -0.903. The Hall–Kier alpha value is -2.39. The van der Waals surface area contributed by atoms with Crippen molar-refractivity contribution in [2.75, 3.05) is 34.8 Å². The molecule has 2 aliphatic rings. The lowest BCUT2D eigenvalue weighted by atomic mass is 10.2. The maximum atomic E-state index is 12.8. The summed E-state index contributed by atoms with van der Waals surface area (Å²) in [4.78, 5) is 14.9. The minimum absolute atomic E-state index is 0.0263. The maximum Gasteiger partial charge on any atom is 0.255 e. The number of nitrogens with one attached hydrogen (secondary N) is 1. The van der Waals surface area contributed by atoms with E-state index >= 15 is 0 Å². The van der Waals surface area contributed by atoms with Gasteiger partial charge < -0.3 is 10.2 Å². The molecule has 0 saturated carbocycles. The normalized spacial score (nSPS) is 20.9. The molecule has 0 aromatic heterocycles. The third-order valence-corrected chi connectivity index (χ3v) is 9.82. The van der Waals surface area contributed by atoms with Crippen LogP contribution in [0.4, 0.5) is 11.4 Å². The highest BCUT2D eigenvalue weighted by Crippen LogP contribution is 2.26. The molecule has 2 aliphatic heterocycles. The first-order chi connectivity index (χ1) is 14.2. The number of carbonyl (C=O) groups is 1. The van der Waals surface area contributed by atoms with Crippen LogP contribution >= 0.6 is 0 Å². The number of rotatable bonds is 5. The van der Waals surface area contributed by atoms with Crippen molar-refractivity contribution in [1.29, 1.82) is 0 Å². The standard InChI is InChI=1S/C21H24N2O5S2/c24-21(22-17-6-8-18(9-7-17)23-11-1-2-12-23)16-4-3-5-19(14-16)30(27,28)20-10-13-29(25,26)15-20/h3-9,14,20H,1-2,10-13,15H2,(H,22,24). The zero-order chi connectivity index (χ0) is 21.4. The van der Waals surface area contributed by atoms with Crippen molar-refractivity contribution in [2.24, 2.45) is 0 Å². The first-order valence-corrected chi connectivity index (χ1v) is 13.3. The Morgan fingerprint density at radius 2 is 1.73 bits per heavy atom. The molecule has 0 radical (unpaired) electrons. The van der Waals surface area contributed by atoms with E-state index in [2.05, 4.69) is 10.2 Å². The molecule has 0 spiro atoms. The van der Waals surface area contributed by atoms with Crippen molar-refractivity contribution in [3.63, 3.8) is 0 Å². The van der Waals surface area contributed by atoms with Crippen LogP contribution in [0.25, 0.3) is 0 Å². The van der Waals surface area contributed by atoms with Crippen molar-refractivity contribution in [3.8, 4) is 0 Å². The molecule has 30 heavy (non-hydrogen) atoms. The Bertz CT molecular complexity index is 1150. The summed E-state index contributed by atoms with van der Waals surface area (Å²) in [6, 6.07) is 13.3. The zero-order valence-electron chi connectivity index (χ0n) is 16.5. The van der Waals surface area contributed by atoms with Gasteiger partial charge in [0.2, 0.25) is 0 Å². The van der Waals surface area contributed by atoms with Crippen molar-refractivity contribution in [2.45, 2.75) is 29.4 Å². The molecule has 9 heteroatoms. The summed E-state index contributed by atoms with van der Waals surface area (Å²) in [5.41, 5.74) is 1.95. The monoisotopic (exact) mass is 448 g/mol. The van der Waals surface area contributed by atoms with E-state index in [1.54, 1.807) is 6.07 Å². The molecule has 1 amide bonds. The smallest absolute Gasteiger partial charge is 0.255 e. The molecular weight excluding hydrogens is 424 g/mol. The van der Waals surface area contributed by atoms with Crippen molar-refractivity contribution in [3.05, 3.63) is 54.1 Å². The first-order valence-electron chi connectivity index (χ1n) is 9.95.